The Hall–Kier alpha value is -3.26. The summed E-state index contributed by atoms with van der Waals surface area (Å²) in [6, 6.07) is 5.01. The van der Waals surface area contributed by atoms with Crippen molar-refractivity contribution in [3.63, 3.8) is 0 Å². The highest BCUT2D eigenvalue weighted by atomic mass is 32.2. The molecule has 3 N–H and O–H groups in total. The van der Waals surface area contributed by atoms with Gasteiger partial charge in [0.15, 0.2) is 0 Å². The highest BCUT2D eigenvalue weighted by Gasteiger charge is 2.58. The molecule has 0 bridgehead atoms. The zero-order valence-electron chi connectivity index (χ0n) is 16.9. The summed E-state index contributed by atoms with van der Waals surface area (Å²) >= 11 is 0. The van der Waals surface area contributed by atoms with E-state index < -0.39 is 44.3 Å². The SMILES string of the molecule is CN1C(N)=N[C@]2(c3cc(NC(=O)c4ccc(C(F)(F)F)cn4)ccc3F)COC[C@@H]2S1(=O)=O. The number of carbonyl (C=O) groups is 1. The summed E-state index contributed by atoms with van der Waals surface area (Å²) in [5, 5.41) is 1.16. The summed E-state index contributed by atoms with van der Waals surface area (Å²) in [7, 11) is -2.79. The Balaban J connectivity index is 1.68. The third-order valence-corrected chi connectivity index (χ3v) is 7.71. The monoisotopic (exact) mass is 487 g/mol. The number of alkyl halides is 3. The van der Waals surface area contributed by atoms with E-state index in [9.17, 15) is 30.8 Å². The van der Waals surface area contributed by atoms with Crippen molar-refractivity contribution in [1.82, 2.24) is 9.29 Å². The van der Waals surface area contributed by atoms with Gasteiger partial charge in [0.1, 0.15) is 22.3 Å². The molecule has 0 aliphatic carbocycles. The number of halogens is 4. The number of aromatic nitrogens is 1. The third kappa shape index (κ3) is 3.78. The predicted molar refractivity (Wildman–Crippen MR) is 108 cm³/mol. The fourth-order valence-corrected chi connectivity index (χ4v) is 5.41. The lowest BCUT2D eigenvalue weighted by Gasteiger charge is -2.38. The average Bonchev–Trinajstić information content (AvgIpc) is 3.19. The maximum atomic E-state index is 14.9. The molecule has 1 aromatic carbocycles. The number of benzene rings is 1. The summed E-state index contributed by atoms with van der Waals surface area (Å²) in [5.74, 6) is -2.00. The number of nitrogens with two attached hydrogens (primary N) is 1. The number of fused-ring (bicyclic) bond motifs is 1. The number of amides is 1. The molecule has 14 heteroatoms. The van der Waals surface area contributed by atoms with Crippen molar-refractivity contribution in [2.45, 2.75) is 17.0 Å². The Bertz CT molecular complexity index is 1250. The topological polar surface area (TPSA) is 127 Å². The number of guanidine groups is 1. The molecule has 0 radical (unpaired) electrons. The summed E-state index contributed by atoms with van der Waals surface area (Å²) < 4.78 is 84.8. The minimum Gasteiger partial charge on any atom is -0.377 e. The molecule has 1 saturated heterocycles. The second-order valence-corrected chi connectivity index (χ2v) is 9.64. The van der Waals surface area contributed by atoms with Gasteiger partial charge in [-0.2, -0.15) is 13.2 Å². The number of anilines is 1. The van der Waals surface area contributed by atoms with Crippen LogP contribution >= 0.6 is 0 Å². The second-order valence-electron chi connectivity index (χ2n) is 7.49. The van der Waals surface area contributed by atoms with Gasteiger partial charge in [-0.1, -0.05) is 0 Å². The molecular weight excluding hydrogens is 470 g/mol. The lowest BCUT2D eigenvalue weighted by Crippen LogP contribution is -2.57. The molecule has 1 aromatic heterocycles. The number of nitrogens with one attached hydrogen (secondary N) is 1. The molecule has 4 rings (SSSR count). The minimum atomic E-state index is -4.61. The van der Waals surface area contributed by atoms with Crippen molar-refractivity contribution in [2.75, 3.05) is 25.6 Å². The first-order valence-corrected chi connectivity index (χ1v) is 10.9. The highest BCUT2D eigenvalue weighted by molar-refractivity contribution is 7.90. The zero-order valence-corrected chi connectivity index (χ0v) is 17.7. The van der Waals surface area contributed by atoms with E-state index in [2.05, 4.69) is 15.3 Å². The van der Waals surface area contributed by atoms with Crippen LogP contribution in [0.1, 0.15) is 21.6 Å². The van der Waals surface area contributed by atoms with Crippen molar-refractivity contribution in [1.29, 1.82) is 0 Å². The third-order valence-electron chi connectivity index (χ3n) is 5.52. The van der Waals surface area contributed by atoms with E-state index in [1.54, 1.807) is 0 Å². The number of pyridine rings is 1. The van der Waals surface area contributed by atoms with Crippen LogP contribution in [0.2, 0.25) is 0 Å². The quantitative estimate of drug-likeness (QED) is 0.635. The van der Waals surface area contributed by atoms with E-state index in [1.807, 2.05) is 0 Å². The molecule has 2 atom stereocenters. The molecule has 1 fully saturated rings. The first-order valence-electron chi connectivity index (χ1n) is 9.42. The Morgan fingerprint density at radius 3 is 2.67 bits per heavy atom. The number of nitrogens with zero attached hydrogens (tertiary/aromatic N) is 3. The average molecular weight is 487 g/mol. The van der Waals surface area contributed by atoms with Crippen LogP contribution in [-0.4, -0.2) is 55.1 Å². The number of aliphatic imine (C=N–C) groups is 1. The fourth-order valence-electron chi connectivity index (χ4n) is 3.72. The van der Waals surface area contributed by atoms with Crippen LogP contribution in [0.15, 0.2) is 41.5 Å². The number of rotatable bonds is 3. The van der Waals surface area contributed by atoms with Crippen LogP contribution < -0.4 is 11.1 Å². The van der Waals surface area contributed by atoms with Crippen LogP contribution in [-0.2, 0) is 26.5 Å². The van der Waals surface area contributed by atoms with E-state index in [-0.39, 0.29) is 36.1 Å². The van der Waals surface area contributed by atoms with Gasteiger partial charge < -0.3 is 15.8 Å². The van der Waals surface area contributed by atoms with Crippen LogP contribution in [0.25, 0.3) is 0 Å². The van der Waals surface area contributed by atoms with Gasteiger partial charge in [-0.15, -0.1) is 0 Å². The Kier molecular flexibility index (Phi) is 5.32. The molecule has 176 valence electrons. The molecular formula is C19H17F4N5O4S. The van der Waals surface area contributed by atoms with Crippen LogP contribution in [0.4, 0.5) is 23.2 Å². The number of hydrogen-bond donors (Lipinski definition) is 2. The van der Waals surface area contributed by atoms with Gasteiger partial charge in [-0.05, 0) is 30.3 Å². The second kappa shape index (κ2) is 7.66. The van der Waals surface area contributed by atoms with Crippen molar-refractivity contribution < 1.29 is 35.5 Å². The van der Waals surface area contributed by atoms with E-state index in [4.69, 9.17) is 10.5 Å². The summed E-state index contributed by atoms with van der Waals surface area (Å²) in [5.41, 5.74) is 2.66. The molecule has 1 amide bonds. The van der Waals surface area contributed by atoms with Gasteiger partial charge in [-0.25, -0.2) is 22.1 Å². The van der Waals surface area contributed by atoms with E-state index >= 15 is 0 Å². The summed E-state index contributed by atoms with van der Waals surface area (Å²) in [6.45, 7) is -0.505. The number of ether oxygens (including phenoxy) is 1. The van der Waals surface area contributed by atoms with Crippen LogP contribution in [0.5, 0.6) is 0 Å². The smallest absolute Gasteiger partial charge is 0.377 e. The van der Waals surface area contributed by atoms with Gasteiger partial charge in [0.25, 0.3) is 5.91 Å². The van der Waals surface area contributed by atoms with Gasteiger partial charge >= 0.3 is 6.18 Å². The molecule has 0 unspecified atom stereocenters. The van der Waals surface area contributed by atoms with Gasteiger partial charge in [0, 0.05) is 24.5 Å². The maximum Gasteiger partial charge on any atom is 0.417 e. The minimum absolute atomic E-state index is 0.0446. The molecule has 9 nitrogen and oxygen atoms in total. The summed E-state index contributed by atoms with van der Waals surface area (Å²) in [6.07, 6.45) is -4.09. The standard InChI is InChI=1S/C19H17F4N5O4S/c1-28-17(24)27-18(9-32-8-15(18)33(28,30)31)12-6-11(3-4-13(12)20)26-16(29)14-5-2-10(7-25-14)19(21,22)23/h2-7,15H,8-9H2,1H3,(H2,24,27)(H,26,29)/t15-,18-/m0/s1. The normalized spacial score (nSPS) is 24.2. The molecule has 0 spiro atoms. The first kappa shape index (κ1) is 22.9. The molecule has 3 heterocycles. The lowest BCUT2D eigenvalue weighted by molar-refractivity contribution is -0.137. The fraction of sp³-hybridized carbons (Fsp3) is 0.316. The highest BCUT2D eigenvalue weighted by Crippen LogP contribution is 2.44. The van der Waals surface area contributed by atoms with Crippen molar-refractivity contribution in [2.24, 2.45) is 10.7 Å². The molecule has 0 saturated carbocycles. The summed E-state index contributed by atoms with van der Waals surface area (Å²) in [4.78, 5) is 20.2. The number of carbonyl (C=O) groups excluding carboxylic acids is 1. The Morgan fingerprint density at radius 2 is 2.03 bits per heavy atom. The first-order chi connectivity index (χ1) is 15.4. The van der Waals surface area contributed by atoms with Crippen molar-refractivity contribution in [3.8, 4) is 0 Å². The lowest BCUT2D eigenvalue weighted by atomic mass is 9.88. The van der Waals surface area contributed by atoms with Gasteiger partial charge in [0.2, 0.25) is 16.0 Å². The Morgan fingerprint density at radius 1 is 1.30 bits per heavy atom. The van der Waals surface area contributed by atoms with Crippen molar-refractivity contribution in [3.05, 3.63) is 59.2 Å². The van der Waals surface area contributed by atoms with Crippen LogP contribution in [0, 0.1) is 5.82 Å². The van der Waals surface area contributed by atoms with Gasteiger partial charge in [-0.3, -0.25) is 9.78 Å². The van der Waals surface area contributed by atoms with E-state index in [1.165, 1.54) is 19.2 Å². The number of sulfonamides is 1. The van der Waals surface area contributed by atoms with Crippen LogP contribution in [0.3, 0.4) is 0 Å². The largest absolute Gasteiger partial charge is 0.417 e. The molecule has 33 heavy (non-hydrogen) atoms. The van der Waals surface area contributed by atoms with Crippen molar-refractivity contribution >= 4 is 27.6 Å². The molecule has 2 aliphatic heterocycles. The Labute approximate surface area is 185 Å². The molecule has 2 aromatic rings. The molecule has 2 aliphatic rings. The maximum absolute atomic E-state index is 14.9. The van der Waals surface area contributed by atoms with Gasteiger partial charge in [0.05, 0.1) is 18.8 Å². The number of hydrogen-bond acceptors (Lipinski definition) is 7. The van der Waals surface area contributed by atoms with E-state index in [0.717, 1.165) is 16.4 Å². The zero-order chi connectivity index (χ0) is 24.2. The van der Waals surface area contributed by atoms with E-state index in [0.29, 0.717) is 12.3 Å². The predicted octanol–water partition coefficient (Wildman–Crippen LogP) is 1.68.